The molecule has 2 aromatic heterocycles. The molecule has 0 amide bonds. The monoisotopic (exact) mass is 185 g/mol. The van der Waals surface area contributed by atoms with E-state index in [0.717, 1.165) is 16.8 Å². The van der Waals surface area contributed by atoms with Crippen molar-refractivity contribution in [3.63, 3.8) is 0 Å². The number of hydrogen-bond donors (Lipinski definition) is 0. The molecule has 2 aromatic rings. The summed E-state index contributed by atoms with van der Waals surface area (Å²) in [5, 5.41) is 0. The average molecular weight is 185 g/mol. The van der Waals surface area contributed by atoms with Gasteiger partial charge in [0.15, 0.2) is 5.82 Å². The van der Waals surface area contributed by atoms with Crippen molar-refractivity contribution in [2.45, 2.75) is 13.8 Å². The summed E-state index contributed by atoms with van der Waals surface area (Å²) >= 11 is 0. The summed E-state index contributed by atoms with van der Waals surface area (Å²) in [5.74, 6) is 0.685. The van der Waals surface area contributed by atoms with E-state index in [0.29, 0.717) is 5.82 Å². The maximum Gasteiger partial charge on any atom is 0.178 e. The maximum absolute atomic E-state index is 4.32. The predicted octanol–water partition coefficient (Wildman–Crippen LogP) is 2.16. The molecule has 0 radical (unpaired) electrons. The van der Waals surface area contributed by atoms with Crippen LogP contribution in [0, 0.1) is 13.8 Å². The third-order valence-electron chi connectivity index (χ3n) is 1.99. The summed E-state index contributed by atoms with van der Waals surface area (Å²) in [6, 6.07) is 3.88. The van der Waals surface area contributed by atoms with Gasteiger partial charge >= 0.3 is 0 Å². The molecule has 0 aliphatic rings. The molecule has 0 aromatic carbocycles. The second kappa shape index (κ2) is 3.54. The number of nitrogens with zero attached hydrogens (tertiary/aromatic N) is 3. The molecule has 0 fully saturated rings. The highest BCUT2D eigenvalue weighted by Crippen LogP contribution is 2.16. The highest BCUT2D eigenvalue weighted by atomic mass is 14.9. The lowest BCUT2D eigenvalue weighted by atomic mass is 10.1. The first-order chi connectivity index (χ1) is 6.77. The Bertz CT molecular complexity index is 438. The zero-order valence-electron chi connectivity index (χ0n) is 8.23. The molecule has 2 rings (SSSR count). The van der Waals surface area contributed by atoms with Crippen molar-refractivity contribution in [3.8, 4) is 11.5 Å². The Morgan fingerprint density at radius 2 is 1.71 bits per heavy atom. The average Bonchev–Trinajstić information content (AvgIpc) is 2.19. The van der Waals surface area contributed by atoms with Crippen LogP contribution in [0.4, 0.5) is 0 Å². The molecule has 70 valence electrons. The van der Waals surface area contributed by atoms with Gasteiger partial charge in [-0.3, -0.25) is 4.98 Å². The van der Waals surface area contributed by atoms with Crippen molar-refractivity contribution in [1.29, 1.82) is 0 Å². The minimum atomic E-state index is 0.685. The van der Waals surface area contributed by atoms with Gasteiger partial charge in [-0.15, -0.1) is 0 Å². The van der Waals surface area contributed by atoms with Crippen molar-refractivity contribution in [1.82, 2.24) is 15.0 Å². The van der Waals surface area contributed by atoms with Crippen molar-refractivity contribution in [2.75, 3.05) is 0 Å². The van der Waals surface area contributed by atoms with Crippen LogP contribution in [0.15, 0.2) is 30.7 Å². The van der Waals surface area contributed by atoms with Gasteiger partial charge in [0, 0.05) is 18.6 Å². The van der Waals surface area contributed by atoms with E-state index in [-0.39, 0.29) is 0 Å². The van der Waals surface area contributed by atoms with Crippen molar-refractivity contribution >= 4 is 0 Å². The highest BCUT2D eigenvalue weighted by Gasteiger charge is 2.04. The Labute approximate surface area is 82.9 Å². The SMILES string of the molecule is Cc1cnc(-c2ncccn2)c(C)c1. The molecule has 3 heteroatoms. The van der Waals surface area contributed by atoms with Crippen LogP contribution in [0.1, 0.15) is 11.1 Å². The Hall–Kier alpha value is -1.77. The van der Waals surface area contributed by atoms with Gasteiger partial charge in [-0.1, -0.05) is 6.07 Å². The number of aryl methyl sites for hydroxylation is 2. The fraction of sp³-hybridized carbons (Fsp3) is 0.182. The van der Waals surface area contributed by atoms with Crippen LogP contribution < -0.4 is 0 Å². The summed E-state index contributed by atoms with van der Waals surface area (Å²) in [4.78, 5) is 12.7. The van der Waals surface area contributed by atoms with Crippen LogP contribution in [-0.2, 0) is 0 Å². The van der Waals surface area contributed by atoms with Crippen LogP contribution in [0.3, 0.4) is 0 Å². The van der Waals surface area contributed by atoms with Crippen LogP contribution in [0.5, 0.6) is 0 Å². The molecule has 0 spiro atoms. The van der Waals surface area contributed by atoms with E-state index in [9.17, 15) is 0 Å². The van der Waals surface area contributed by atoms with E-state index in [1.54, 1.807) is 18.5 Å². The van der Waals surface area contributed by atoms with Gasteiger partial charge in [0.1, 0.15) is 5.69 Å². The van der Waals surface area contributed by atoms with E-state index in [1.165, 1.54) is 0 Å². The van der Waals surface area contributed by atoms with Crippen LogP contribution in [-0.4, -0.2) is 15.0 Å². The first-order valence-electron chi connectivity index (χ1n) is 4.48. The van der Waals surface area contributed by atoms with Gasteiger partial charge < -0.3 is 0 Å². The van der Waals surface area contributed by atoms with E-state index in [1.807, 2.05) is 20.0 Å². The largest absolute Gasteiger partial charge is 0.252 e. The topological polar surface area (TPSA) is 38.7 Å². The Balaban J connectivity index is 2.53. The molecular weight excluding hydrogens is 174 g/mol. The van der Waals surface area contributed by atoms with Gasteiger partial charge in [0.2, 0.25) is 0 Å². The van der Waals surface area contributed by atoms with Gasteiger partial charge in [-0.05, 0) is 31.0 Å². The zero-order chi connectivity index (χ0) is 9.97. The number of hydrogen-bond acceptors (Lipinski definition) is 3. The number of rotatable bonds is 1. The van der Waals surface area contributed by atoms with E-state index in [2.05, 4.69) is 21.0 Å². The molecule has 0 aliphatic heterocycles. The summed E-state index contributed by atoms with van der Waals surface area (Å²) in [7, 11) is 0. The van der Waals surface area contributed by atoms with E-state index < -0.39 is 0 Å². The summed E-state index contributed by atoms with van der Waals surface area (Å²) in [6.07, 6.45) is 5.28. The smallest absolute Gasteiger partial charge is 0.178 e. The molecule has 2 heterocycles. The van der Waals surface area contributed by atoms with Crippen molar-refractivity contribution in [2.24, 2.45) is 0 Å². The van der Waals surface area contributed by atoms with Gasteiger partial charge in [0.25, 0.3) is 0 Å². The molecule has 0 saturated carbocycles. The molecular formula is C11H11N3. The minimum Gasteiger partial charge on any atom is -0.252 e. The number of aromatic nitrogens is 3. The van der Waals surface area contributed by atoms with Crippen LogP contribution in [0.25, 0.3) is 11.5 Å². The Morgan fingerprint density at radius 1 is 1.00 bits per heavy atom. The molecule has 14 heavy (non-hydrogen) atoms. The van der Waals surface area contributed by atoms with E-state index >= 15 is 0 Å². The third-order valence-corrected chi connectivity index (χ3v) is 1.99. The maximum atomic E-state index is 4.32. The first-order valence-corrected chi connectivity index (χ1v) is 4.48. The van der Waals surface area contributed by atoms with Gasteiger partial charge in [-0.2, -0.15) is 0 Å². The molecule has 0 unspecified atom stereocenters. The summed E-state index contributed by atoms with van der Waals surface area (Å²) in [5.41, 5.74) is 3.12. The molecule has 0 atom stereocenters. The summed E-state index contributed by atoms with van der Waals surface area (Å²) < 4.78 is 0. The Kier molecular flexibility index (Phi) is 2.23. The second-order valence-electron chi connectivity index (χ2n) is 3.25. The highest BCUT2D eigenvalue weighted by molar-refractivity contribution is 5.54. The molecule has 3 nitrogen and oxygen atoms in total. The van der Waals surface area contributed by atoms with Gasteiger partial charge in [0.05, 0.1) is 0 Å². The Morgan fingerprint density at radius 3 is 2.36 bits per heavy atom. The number of pyridine rings is 1. The normalized spacial score (nSPS) is 10.1. The molecule has 0 bridgehead atoms. The van der Waals surface area contributed by atoms with Crippen molar-refractivity contribution in [3.05, 3.63) is 41.9 Å². The second-order valence-corrected chi connectivity index (χ2v) is 3.25. The van der Waals surface area contributed by atoms with Crippen LogP contribution in [0.2, 0.25) is 0 Å². The zero-order valence-corrected chi connectivity index (χ0v) is 8.23. The lowest BCUT2D eigenvalue weighted by Crippen LogP contribution is -1.93. The third kappa shape index (κ3) is 1.62. The van der Waals surface area contributed by atoms with E-state index in [4.69, 9.17) is 0 Å². The summed E-state index contributed by atoms with van der Waals surface area (Å²) in [6.45, 7) is 4.04. The van der Waals surface area contributed by atoms with Crippen molar-refractivity contribution < 1.29 is 0 Å². The predicted molar refractivity (Wildman–Crippen MR) is 54.7 cm³/mol. The standard InChI is InChI=1S/C11H11N3/c1-8-6-9(2)10(14-7-8)11-12-4-3-5-13-11/h3-7H,1-2H3. The molecule has 0 saturated heterocycles. The fourth-order valence-electron chi connectivity index (χ4n) is 1.37. The first kappa shape index (κ1) is 8.81. The fourth-order valence-corrected chi connectivity index (χ4v) is 1.37. The van der Waals surface area contributed by atoms with Crippen LogP contribution >= 0.6 is 0 Å². The lowest BCUT2D eigenvalue weighted by molar-refractivity contribution is 1.11. The molecule has 0 aliphatic carbocycles. The quantitative estimate of drug-likeness (QED) is 0.683. The molecule has 0 N–H and O–H groups in total. The lowest BCUT2D eigenvalue weighted by Gasteiger charge is -2.03. The minimum absolute atomic E-state index is 0.685. The van der Waals surface area contributed by atoms with Gasteiger partial charge in [-0.25, -0.2) is 9.97 Å².